The van der Waals surface area contributed by atoms with E-state index in [0.29, 0.717) is 12.3 Å². The first-order chi connectivity index (χ1) is 7.04. The number of nitrogen functional groups attached to an aromatic ring is 1. The Labute approximate surface area is 89.4 Å². The van der Waals surface area contributed by atoms with Crippen LogP contribution in [-0.2, 0) is 4.74 Å². The van der Waals surface area contributed by atoms with Gasteiger partial charge in [-0.15, -0.1) is 0 Å². The summed E-state index contributed by atoms with van der Waals surface area (Å²) in [7, 11) is 0. The highest BCUT2D eigenvalue weighted by Gasteiger charge is 2.05. The van der Waals surface area contributed by atoms with Gasteiger partial charge in [0.25, 0.3) is 0 Å². The van der Waals surface area contributed by atoms with Crippen LogP contribution in [0.2, 0.25) is 0 Å². The molecule has 0 saturated carbocycles. The van der Waals surface area contributed by atoms with Crippen LogP contribution in [0.1, 0.15) is 18.1 Å². The number of hydrogen-bond acceptors (Lipinski definition) is 3. The molecule has 0 bridgehead atoms. The quantitative estimate of drug-likeness (QED) is 0.734. The van der Waals surface area contributed by atoms with Crippen molar-refractivity contribution in [1.82, 2.24) is 0 Å². The number of hydrogen-bond donors (Lipinski definition) is 2. The van der Waals surface area contributed by atoms with E-state index in [1.165, 1.54) is 0 Å². The average Bonchev–Trinajstić information content (AvgIpc) is 2.14. The Kier molecular flexibility index (Phi) is 3.55. The van der Waals surface area contributed by atoms with E-state index in [1.54, 1.807) is 6.92 Å². The fraction of sp³-hybridized carbons (Fsp3) is 0.364. The largest absolute Gasteiger partial charge is 0.450 e. The highest BCUT2D eigenvalue weighted by atomic mass is 16.5. The molecule has 0 fully saturated rings. The molecule has 0 spiro atoms. The molecule has 1 aromatic rings. The van der Waals surface area contributed by atoms with Gasteiger partial charge in [-0.05, 0) is 44.0 Å². The van der Waals surface area contributed by atoms with Crippen LogP contribution < -0.4 is 11.1 Å². The standard InChI is InChI=1S/C11H16N2O2/c1-4-15-11(14)13-9-5-7(2)10(12)8(3)6-9/h5-6H,4,12H2,1-3H3,(H,13,14). The first-order valence-corrected chi connectivity index (χ1v) is 4.85. The maximum atomic E-state index is 11.2. The Morgan fingerprint density at radius 1 is 1.40 bits per heavy atom. The van der Waals surface area contributed by atoms with Crippen molar-refractivity contribution in [2.45, 2.75) is 20.8 Å². The first-order valence-electron chi connectivity index (χ1n) is 4.85. The van der Waals surface area contributed by atoms with Crippen LogP contribution >= 0.6 is 0 Å². The number of rotatable bonds is 2. The van der Waals surface area contributed by atoms with Crippen molar-refractivity contribution in [3.8, 4) is 0 Å². The number of carbonyl (C=O) groups excluding carboxylic acids is 1. The third-order valence-electron chi connectivity index (χ3n) is 2.12. The lowest BCUT2D eigenvalue weighted by atomic mass is 10.1. The molecule has 0 radical (unpaired) electrons. The molecule has 1 amide bonds. The van der Waals surface area contributed by atoms with Gasteiger partial charge in [0.1, 0.15) is 0 Å². The van der Waals surface area contributed by atoms with Crippen molar-refractivity contribution in [2.24, 2.45) is 0 Å². The summed E-state index contributed by atoms with van der Waals surface area (Å²) in [6.07, 6.45) is -0.443. The fourth-order valence-electron chi connectivity index (χ4n) is 1.33. The van der Waals surface area contributed by atoms with Crippen LogP contribution in [0.15, 0.2) is 12.1 Å². The minimum absolute atomic E-state index is 0.360. The van der Waals surface area contributed by atoms with Gasteiger partial charge < -0.3 is 10.5 Å². The monoisotopic (exact) mass is 208 g/mol. The molecule has 0 atom stereocenters. The lowest BCUT2D eigenvalue weighted by Gasteiger charge is -2.09. The highest BCUT2D eigenvalue weighted by molar-refractivity contribution is 5.85. The second-order valence-electron chi connectivity index (χ2n) is 3.37. The lowest BCUT2D eigenvalue weighted by Crippen LogP contribution is -2.13. The summed E-state index contributed by atoms with van der Waals surface area (Å²) < 4.78 is 4.77. The van der Waals surface area contributed by atoms with Crippen molar-refractivity contribution >= 4 is 17.5 Å². The first kappa shape index (κ1) is 11.4. The van der Waals surface area contributed by atoms with Gasteiger partial charge >= 0.3 is 6.09 Å². The summed E-state index contributed by atoms with van der Waals surface area (Å²) in [5.74, 6) is 0. The maximum absolute atomic E-state index is 11.2. The maximum Gasteiger partial charge on any atom is 0.411 e. The predicted molar refractivity (Wildman–Crippen MR) is 61.0 cm³/mol. The fourth-order valence-corrected chi connectivity index (χ4v) is 1.33. The van der Waals surface area contributed by atoms with Crippen molar-refractivity contribution in [2.75, 3.05) is 17.7 Å². The number of nitrogens with two attached hydrogens (primary N) is 1. The normalized spacial score (nSPS) is 9.80. The smallest absolute Gasteiger partial charge is 0.411 e. The highest BCUT2D eigenvalue weighted by Crippen LogP contribution is 2.21. The number of carbonyl (C=O) groups is 1. The molecule has 1 rings (SSSR count). The van der Waals surface area contributed by atoms with Gasteiger partial charge in [-0.1, -0.05) is 0 Å². The van der Waals surface area contributed by atoms with Crippen LogP contribution in [0, 0.1) is 13.8 Å². The van der Waals surface area contributed by atoms with Crippen LogP contribution in [0.3, 0.4) is 0 Å². The van der Waals surface area contributed by atoms with Gasteiger partial charge in [0.15, 0.2) is 0 Å². The summed E-state index contributed by atoms with van der Waals surface area (Å²) in [6, 6.07) is 3.64. The Morgan fingerprint density at radius 2 is 1.93 bits per heavy atom. The van der Waals surface area contributed by atoms with E-state index in [1.807, 2.05) is 26.0 Å². The van der Waals surface area contributed by atoms with E-state index in [2.05, 4.69) is 5.32 Å². The summed E-state index contributed by atoms with van der Waals surface area (Å²) in [4.78, 5) is 11.2. The minimum Gasteiger partial charge on any atom is -0.450 e. The zero-order valence-corrected chi connectivity index (χ0v) is 9.26. The average molecular weight is 208 g/mol. The number of nitrogens with one attached hydrogen (secondary N) is 1. The van der Waals surface area contributed by atoms with Crippen molar-refractivity contribution in [1.29, 1.82) is 0 Å². The molecule has 0 aliphatic rings. The van der Waals surface area contributed by atoms with Gasteiger partial charge in [-0.2, -0.15) is 0 Å². The van der Waals surface area contributed by atoms with E-state index in [4.69, 9.17) is 10.5 Å². The number of anilines is 2. The van der Waals surface area contributed by atoms with E-state index < -0.39 is 6.09 Å². The molecule has 4 heteroatoms. The zero-order valence-electron chi connectivity index (χ0n) is 9.26. The lowest BCUT2D eigenvalue weighted by molar-refractivity contribution is 0.168. The van der Waals surface area contributed by atoms with Crippen LogP contribution in [-0.4, -0.2) is 12.7 Å². The van der Waals surface area contributed by atoms with Gasteiger partial charge in [-0.25, -0.2) is 4.79 Å². The summed E-state index contributed by atoms with van der Waals surface area (Å²) in [5.41, 5.74) is 9.15. The van der Waals surface area contributed by atoms with E-state index in [-0.39, 0.29) is 0 Å². The molecular weight excluding hydrogens is 192 g/mol. The number of aryl methyl sites for hydroxylation is 2. The molecule has 3 N–H and O–H groups in total. The SMILES string of the molecule is CCOC(=O)Nc1cc(C)c(N)c(C)c1. The van der Waals surface area contributed by atoms with Crippen LogP contribution in [0.25, 0.3) is 0 Å². The van der Waals surface area contributed by atoms with Crippen molar-refractivity contribution in [3.05, 3.63) is 23.3 Å². The molecule has 0 aromatic heterocycles. The summed E-state index contributed by atoms with van der Waals surface area (Å²) in [5, 5.41) is 2.64. The van der Waals surface area contributed by atoms with Gasteiger partial charge in [0.05, 0.1) is 6.61 Å². The Balaban J connectivity index is 2.83. The Bertz CT molecular complexity index is 352. The number of amides is 1. The second kappa shape index (κ2) is 4.68. The Hall–Kier alpha value is -1.71. The molecule has 0 aliphatic heterocycles. The summed E-state index contributed by atoms with van der Waals surface area (Å²) >= 11 is 0. The van der Waals surface area contributed by atoms with E-state index >= 15 is 0 Å². The van der Waals surface area contributed by atoms with E-state index in [9.17, 15) is 4.79 Å². The Morgan fingerprint density at radius 3 is 2.40 bits per heavy atom. The van der Waals surface area contributed by atoms with Gasteiger partial charge in [-0.3, -0.25) is 5.32 Å². The molecule has 4 nitrogen and oxygen atoms in total. The van der Waals surface area contributed by atoms with Crippen molar-refractivity contribution < 1.29 is 9.53 Å². The minimum atomic E-state index is -0.443. The molecule has 1 aromatic carbocycles. The van der Waals surface area contributed by atoms with Crippen molar-refractivity contribution in [3.63, 3.8) is 0 Å². The molecular formula is C11H16N2O2. The third kappa shape index (κ3) is 2.87. The van der Waals surface area contributed by atoms with Crippen LogP contribution in [0.5, 0.6) is 0 Å². The third-order valence-corrected chi connectivity index (χ3v) is 2.12. The molecule has 0 aliphatic carbocycles. The van der Waals surface area contributed by atoms with E-state index in [0.717, 1.165) is 16.8 Å². The molecule has 82 valence electrons. The number of ether oxygens (including phenoxy) is 1. The predicted octanol–water partition coefficient (Wildman–Crippen LogP) is 2.45. The second-order valence-corrected chi connectivity index (χ2v) is 3.37. The molecule has 0 saturated heterocycles. The molecule has 0 unspecified atom stereocenters. The zero-order chi connectivity index (χ0) is 11.4. The number of benzene rings is 1. The summed E-state index contributed by atoms with van der Waals surface area (Å²) in [6.45, 7) is 5.93. The van der Waals surface area contributed by atoms with Gasteiger partial charge in [0.2, 0.25) is 0 Å². The van der Waals surface area contributed by atoms with Crippen LogP contribution in [0.4, 0.5) is 16.2 Å². The molecule has 0 heterocycles. The van der Waals surface area contributed by atoms with Gasteiger partial charge in [0, 0.05) is 11.4 Å². The molecule has 15 heavy (non-hydrogen) atoms. The topological polar surface area (TPSA) is 64.3 Å².